The first kappa shape index (κ1) is 11.0. The zero-order valence-electron chi connectivity index (χ0n) is 8.48. The van der Waals surface area contributed by atoms with E-state index in [1.54, 1.807) is 0 Å². The lowest BCUT2D eigenvalue weighted by molar-refractivity contribution is 0.248. The van der Waals surface area contributed by atoms with Crippen molar-refractivity contribution in [1.29, 1.82) is 0 Å². The lowest BCUT2D eigenvalue weighted by Gasteiger charge is -2.31. The molecule has 1 nitrogen and oxygen atoms in total. The van der Waals surface area contributed by atoms with Crippen LogP contribution in [0.15, 0.2) is 0 Å². The minimum absolute atomic E-state index is 0.338. The lowest BCUT2D eigenvalue weighted by atomic mass is 9.79. The minimum Gasteiger partial charge on any atom is -0.327 e. The van der Waals surface area contributed by atoms with Gasteiger partial charge in [0.1, 0.15) is 0 Å². The summed E-state index contributed by atoms with van der Waals surface area (Å²) in [5.41, 5.74) is 6.39. The molecule has 2 N–H and O–H groups in total. The first-order valence-electron chi connectivity index (χ1n) is 4.80. The van der Waals surface area contributed by atoms with Crippen LogP contribution in [0.4, 0.5) is 0 Å². The topological polar surface area (TPSA) is 26.0 Å². The molecular formula is C10H23N. The molecule has 0 radical (unpaired) electrons. The van der Waals surface area contributed by atoms with Gasteiger partial charge in [-0.05, 0) is 18.3 Å². The average Bonchev–Trinajstić information content (AvgIpc) is 1.88. The normalized spacial score (nSPS) is 15.0. The summed E-state index contributed by atoms with van der Waals surface area (Å²) in [5.74, 6) is 0. The second-order valence-corrected chi connectivity index (χ2v) is 4.13. The van der Waals surface area contributed by atoms with Crippen molar-refractivity contribution in [3.05, 3.63) is 0 Å². The molecule has 0 aliphatic rings. The van der Waals surface area contributed by atoms with Crippen LogP contribution in [0, 0.1) is 5.41 Å². The molecule has 0 aromatic rings. The zero-order chi connectivity index (χ0) is 8.91. The van der Waals surface area contributed by atoms with E-state index in [-0.39, 0.29) is 0 Å². The van der Waals surface area contributed by atoms with Crippen molar-refractivity contribution in [2.45, 2.75) is 59.4 Å². The molecule has 1 atom stereocenters. The largest absolute Gasteiger partial charge is 0.327 e. The van der Waals surface area contributed by atoms with Crippen LogP contribution in [0.2, 0.25) is 0 Å². The third-order valence-electron chi connectivity index (χ3n) is 2.50. The maximum Gasteiger partial charge on any atom is 0.00901 e. The van der Waals surface area contributed by atoms with Gasteiger partial charge in [0.2, 0.25) is 0 Å². The Morgan fingerprint density at radius 2 is 1.73 bits per heavy atom. The smallest absolute Gasteiger partial charge is 0.00901 e. The van der Waals surface area contributed by atoms with E-state index in [2.05, 4.69) is 27.7 Å². The van der Waals surface area contributed by atoms with Gasteiger partial charge in [0.15, 0.2) is 0 Å². The van der Waals surface area contributed by atoms with Gasteiger partial charge in [-0.25, -0.2) is 0 Å². The summed E-state index contributed by atoms with van der Waals surface area (Å²) < 4.78 is 0. The molecule has 0 amide bonds. The van der Waals surface area contributed by atoms with Gasteiger partial charge >= 0.3 is 0 Å². The maximum absolute atomic E-state index is 6.05. The van der Waals surface area contributed by atoms with Crippen molar-refractivity contribution in [3.63, 3.8) is 0 Å². The van der Waals surface area contributed by atoms with Crippen molar-refractivity contribution in [2.75, 3.05) is 0 Å². The Balaban J connectivity index is 3.83. The Hall–Kier alpha value is -0.0400. The van der Waals surface area contributed by atoms with Gasteiger partial charge in [-0.15, -0.1) is 0 Å². The second-order valence-electron chi connectivity index (χ2n) is 4.13. The standard InChI is InChI=1S/C10H23N/c1-5-7-9(11)10(3,4)8-6-2/h9H,5-8,11H2,1-4H3/t9-/m1/s1. The van der Waals surface area contributed by atoms with Crippen LogP contribution in [-0.4, -0.2) is 6.04 Å². The summed E-state index contributed by atoms with van der Waals surface area (Å²) in [6.07, 6.45) is 4.85. The summed E-state index contributed by atoms with van der Waals surface area (Å²) in [5, 5.41) is 0. The fraction of sp³-hybridized carbons (Fsp3) is 1.00. The molecule has 68 valence electrons. The molecule has 0 rings (SSSR count). The van der Waals surface area contributed by atoms with E-state index >= 15 is 0 Å². The Morgan fingerprint density at radius 1 is 1.18 bits per heavy atom. The van der Waals surface area contributed by atoms with Gasteiger partial charge in [-0.3, -0.25) is 0 Å². The predicted octanol–water partition coefficient (Wildman–Crippen LogP) is 2.94. The number of hydrogen-bond donors (Lipinski definition) is 1. The van der Waals surface area contributed by atoms with E-state index in [0.29, 0.717) is 11.5 Å². The first-order valence-corrected chi connectivity index (χ1v) is 4.80. The molecule has 0 bridgehead atoms. The summed E-state index contributed by atoms with van der Waals surface area (Å²) in [6, 6.07) is 0.382. The van der Waals surface area contributed by atoms with Gasteiger partial charge in [-0.1, -0.05) is 40.5 Å². The Labute approximate surface area is 71.4 Å². The highest BCUT2D eigenvalue weighted by Gasteiger charge is 2.23. The Kier molecular flexibility index (Phi) is 4.74. The highest BCUT2D eigenvalue weighted by atomic mass is 14.7. The van der Waals surface area contributed by atoms with E-state index in [0.717, 1.165) is 6.42 Å². The number of rotatable bonds is 5. The van der Waals surface area contributed by atoms with Crippen LogP contribution < -0.4 is 5.73 Å². The molecule has 0 aromatic carbocycles. The predicted molar refractivity (Wildman–Crippen MR) is 51.6 cm³/mol. The van der Waals surface area contributed by atoms with E-state index in [1.807, 2.05) is 0 Å². The van der Waals surface area contributed by atoms with Crippen LogP contribution >= 0.6 is 0 Å². The lowest BCUT2D eigenvalue weighted by Crippen LogP contribution is -2.36. The molecular weight excluding hydrogens is 134 g/mol. The summed E-state index contributed by atoms with van der Waals surface area (Å²) in [7, 11) is 0. The molecule has 0 saturated carbocycles. The summed E-state index contributed by atoms with van der Waals surface area (Å²) in [6.45, 7) is 8.97. The molecule has 0 heterocycles. The highest BCUT2D eigenvalue weighted by molar-refractivity contribution is 4.80. The fourth-order valence-electron chi connectivity index (χ4n) is 1.53. The van der Waals surface area contributed by atoms with Crippen LogP contribution in [0.3, 0.4) is 0 Å². The van der Waals surface area contributed by atoms with E-state index in [1.165, 1.54) is 19.3 Å². The molecule has 0 fully saturated rings. The van der Waals surface area contributed by atoms with Crippen LogP contribution in [0.25, 0.3) is 0 Å². The first-order chi connectivity index (χ1) is 5.04. The quantitative estimate of drug-likeness (QED) is 0.652. The van der Waals surface area contributed by atoms with E-state index < -0.39 is 0 Å². The van der Waals surface area contributed by atoms with Gasteiger partial charge in [0.25, 0.3) is 0 Å². The molecule has 0 aliphatic heterocycles. The third kappa shape index (κ3) is 3.76. The Morgan fingerprint density at radius 3 is 2.09 bits per heavy atom. The minimum atomic E-state index is 0.338. The maximum atomic E-state index is 6.05. The highest BCUT2D eigenvalue weighted by Crippen LogP contribution is 2.27. The van der Waals surface area contributed by atoms with Crippen molar-refractivity contribution < 1.29 is 0 Å². The SMILES string of the molecule is CCC[C@@H](N)C(C)(C)CCC. The third-order valence-corrected chi connectivity index (χ3v) is 2.50. The van der Waals surface area contributed by atoms with Crippen LogP contribution in [-0.2, 0) is 0 Å². The summed E-state index contributed by atoms with van der Waals surface area (Å²) in [4.78, 5) is 0. The van der Waals surface area contributed by atoms with Crippen molar-refractivity contribution in [3.8, 4) is 0 Å². The molecule has 11 heavy (non-hydrogen) atoms. The Bertz CT molecular complexity index is 97.0. The monoisotopic (exact) mass is 157 g/mol. The van der Waals surface area contributed by atoms with Crippen molar-refractivity contribution in [1.82, 2.24) is 0 Å². The molecule has 0 spiro atoms. The molecule has 1 heteroatoms. The van der Waals surface area contributed by atoms with E-state index in [9.17, 15) is 0 Å². The van der Waals surface area contributed by atoms with Crippen molar-refractivity contribution >= 4 is 0 Å². The van der Waals surface area contributed by atoms with Gasteiger partial charge in [-0.2, -0.15) is 0 Å². The average molecular weight is 157 g/mol. The van der Waals surface area contributed by atoms with Crippen LogP contribution in [0.1, 0.15) is 53.4 Å². The summed E-state index contributed by atoms with van der Waals surface area (Å²) >= 11 is 0. The zero-order valence-corrected chi connectivity index (χ0v) is 8.48. The molecule has 0 unspecified atom stereocenters. The molecule has 0 aromatic heterocycles. The van der Waals surface area contributed by atoms with Crippen LogP contribution in [0.5, 0.6) is 0 Å². The number of nitrogens with two attached hydrogens (primary N) is 1. The molecule has 0 saturated heterocycles. The molecule has 0 aliphatic carbocycles. The van der Waals surface area contributed by atoms with Gasteiger partial charge < -0.3 is 5.73 Å². The van der Waals surface area contributed by atoms with Gasteiger partial charge in [0.05, 0.1) is 0 Å². The van der Waals surface area contributed by atoms with Crippen molar-refractivity contribution in [2.24, 2.45) is 11.1 Å². The number of hydrogen-bond acceptors (Lipinski definition) is 1. The van der Waals surface area contributed by atoms with Gasteiger partial charge in [0, 0.05) is 6.04 Å². The van der Waals surface area contributed by atoms with E-state index in [4.69, 9.17) is 5.73 Å². The fourth-order valence-corrected chi connectivity index (χ4v) is 1.53. The second kappa shape index (κ2) is 4.76.